The van der Waals surface area contributed by atoms with Crippen LogP contribution in [0.25, 0.3) is 0 Å². The van der Waals surface area contributed by atoms with Crippen molar-refractivity contribution in [1.82, 2.24) is 0 Å². The number of carbonyl (C=O) groups excluding carboxylic acids is 1. The van der Waals surface area contributed by atoms with Gasteiger partial charge in [0.15, 0.2) is 0 Å². The lowest BCUT2D eigenvalue weighted by molar-refractivity contribution is -0.116. The number of benzene rings is 2. The Hall–Kier alpha value is -2.54. The first-order chi connectivity index (χ1) is 12.3. The molecule has 7 heteroatoms. The van der Waals surface area contributed by atoms with Crippen LogP contribution in [0, 0.1) is 13.8 Å². The van der Waals surface area contributed by atoms with E-state index < -0.39 is 10.0 Å². The number of anilines is 2. The van der Waals surface area contributed by atoms with Crippen molar-refractivity contribution in [3.63, 3.8) is 0 Å². The molecule has 1 amide bonds. The summed E-state index contributed by atoms with van der Waals surface area (Å²) in [6.45, 7) is 6.08. The van der Waals surface area contributed by atoms with Gasteiger partial charge in [0.25, 0.3) is 10.0 Å². The first kappa shape index (κ1) is 18.3. The second kappa shape index (κ2) is 6.99. The van der Waals surface area contributed by atoms with E-state index in [4.69, 9.17) is 4.74 Å². The van der Waals surface area contributed by atoms with E-state index in [0.29, 0.717) is 25.1 Å². The van der Waals surface area contributed by atoms with Gasteiger partial charge < -0.3 is 10.1 Å². The second-order valence-electron chi connectivity index (χ2n) is 6.34. The van der Waals surface area contributed by atoms with Gasteiger partial charge in [-0.2, -0.15) is 0 Å². The standard InChI is InChI=1S/C19H22N2O4S/c1-4-25-19-12(2)9-16(10-13(19)3)26(23,24)21-15-6-7-17-14(11-15)5-8-18(22)20-17/h6-7,9-11,21H,4-5,8H2,1-3H3,(H,20,22). The van der Waals surface area contributed by atoms with Gasteiger partial charge >= 0.3 is 0 Å². The highest BCUT2D eigenvalue weighted by molar-refractivity contribution is 7.92. The third kappa shape index (κ3) is 3.67. The first-order valence-electron chi connectivity index (χ1n) is 8.50. The summed E-state index contributed by atoms with van der Waals surface area (Å²) in [6, 6.07) is 8.35. The van der Waals surface area contributed by atoms with Crippen molar-refractivity contribution in [3.8, 4) is 5.75 Å². The van der Waals surface area contributed by atoms with Crippen LogP contribution in [0.4, 0.5) is 11.4 Å². The number of ether oxygens (including phenoxy) is 1. The summed E-state index contributed by atoms with van der Waals surface area (Å²) < 4.78 is 33.7. The summed E-state index contributed by atoms with van der Waals surface area (Å²) in [5.41, 5.74) is 3.69. The summed E-state index contributed by atoms with van der Waals surface area (Å²) in [5, 5.41) is 2.78. The molecule has 0 aliphatic carbocycles. The van der Waals surface area contributed by atoms with Crippen LogP contribution < -0.4 is 14.8 Å². The summed E-state index contributed by atoms with van der Waals surface area (Å²) in [6.07, 6.45) is 0.998. The number of carbonyl (C=O) groups is 1. The zero-order valence-corrected chi connectivity index (χ0v) is 15.9. The van der Waals surface area contributed by atoms with Crippen molar-refractivity contribution in [2.24, 2.45) is 0 Å². The van der Waals surface area contributed by atoms with Gasteiger partial charge in [-0.3, -0.25) is 9.52 Å². The van der Waals surface area contributed by atoms with Crippen LogP contribution in [-0.2, 0) is 21.2 Å². The Kier molecular flexibility index (Phi) is 4.91. The Morgan fingerprint density at radius 3 is 2.46 bits per heavy atom. The van der Waals surface area contributed by atoms with E-state index in [-0.39, 0.29) is 10.8 Å². The number of rotatable bonds is 5. The molecule has 0 radical (unpaired) electrons. The fourth-order valence-corrected chi connectivity index (χ4v) is 4.32. The SMILES string of the molecule is CCOc1c(C)cc(S(=O)(=O)Nc2ccc3c(c2)CCC(=O)N3)cc1C. The molecule has 2 aromatic rings. The minimum atomic E-state index is -3.72. The third-order valence-corrected chi connectivity index (χ3v) is 5.65. The lowest BCUT2D eigenvalue weighted by atomic mass is 10.0. The van der Waals surface area contributed by atoms with Crippen molar-refractivity contribution in [2.45, 2.75) is 38.5 Å². The number of amides is 1. The molecule has 0 spiro atoms. The summed E-state index contributed by atoms with van der Waals surface area (Å²) in [4.78, 5) is 11.6. The Bertz CT molecular complexity index is 944. The molecule has 0 bridgehead atoms. The highest BCUT2D eigenvalue weighted by Gasteiger charge is 2.20. The van der Waals surface area contributed by atoms with Crippen LogP contribution in [0.1, 0.15) is 30.0 Å². The maximum Gasteiger partial charge on any atom is 0.261 e. The molecule has 0 aromatic heterocycles. The highest BCUT2D eigenvalue weighted by Crippen LogP contribution is 2.30. The summed E-state index contributed by atoms with van der Waals surface area (Å²) in [5.74, 6) is 0.696. The van der Waals surface area contributed by atoms with Crippen molar-refractivity contribution in [1.29, 1.82) is 0 Å². The van der Waals surface area contributed by atoms with Crippen molar-refractivity contribution < 1.29 is 17.9 Å². The maximum atomic E-state index is 12.8. The number of fused-ring (bicyclic) bond motifs is 1. The molecule has 1 aliphatic heterocycles. The lowest BCUT2D eigenvalue weighted by Gasteiger charge is -2.18. The molecule has 3 rings (SSSR count). The van der Waals surface area contributed by atoms with Gasteiger partial charge in [-0.05, 0) is 74.2 Å². The molecule has 1 aliphatic rings. The number of hydrogen-bond donors (Lipinski definition) is 2. The molecule has 0 saturated carbocycles. The van der Waals surface area contributed by atoms with Crippen LogP contribution in [-0.4, -0.2) is 20.9 Å². The minimum absolute atomic E-state index is 0.0221. The molecule has 0 unspecified atom stereocenters. The molecule has 0 fully saturated rings. The monoisotopic (exact) mass is 374 g/mol. The third-order valence-electron chi connectivity index (χ3n) is 4.29. The number of aryl methyl sites for hydroxylation is 3. The van der Waals surface area contributed by atoms with E-state index in [1.165, 1.54) is 0 Å². The van der Waals surface area contributed by atoms with Crippen LogP contribution >= 0.6 is 0 Å². The minimum Gasteiger partial charge on any atom is -0.493 e. The molecule has 138 valence electrons. The van der Waals surface area contributed by atoms with Gasteiger partial charge in [-0.1, -0.05) is 0 Å². The summed E-state index contributed by atoms with van der Waals surface area (Å²) >= 11 is 0. The zero-order valence-electron chi connectivity index (χ0n) is 15.0. The van der Waals surface area contributed by atoms with Crippen LogP contribution in [0.15, 0.2) is 35.2 Å². The van der Waals surface area contributed by atoms with Crippen molar-refractivity contribution in [2.75, 3.05) is 16.6 Å². The van der Waals surface area contributed by atoms with Crippen LogP contribution in [0.5, 0.6) is 5.75 Å². The van der Waals surface area contributed by atoms with Crippen LogP contribution in [0.3, 0.4) is 0 Å². The van der Waals surface area contributed by atoms with Gasteiger partial charge in [0.1, 0.15) is 5.75 Å². The molecule has 0 saturated heterocycles. The van der Waals surface area contributed by atoms with E-state index >= 15 is 0 Å². The topological polar surface area (TPSA) is 84.5 Å². The largest absolute Gasteiger partial charge is 0.493 e. The van der Waals surface area contributed by atoms with Gasteiger partial charge in [0.05, 0.1) is 11.5 Å². The van der Waals surface area contributed by atoms with E-state index in [2.05, 4.69) is 10.0 Å². The molecule has 6 nitrogen and oxygen atoms in total. The number of nitrogens with one attached hydrogen (secondary N) is 2. The van der Waals surface area contributed by atoms with Crippen LogP contribution in [0.2, 0.25) is 0 Å². The van der Waals surface area contributed by atoms with Gasteiger partial charge in [0.2, 0.25) is 5.91 Å². The highest BCUT2D eigenvalue weighted by atomic mass is 32.2. The number of hydrogen-bond acceptors (Lipinski definition) is 4. The fraction of sp³-hybridized carbons (Fsp3) is 0.316. The lowest BCUT2D eigenvalue weighted by Crippen LogP contribution is -2.19. The average Bonchev–Trinajstić information content (AvgIpc) is 2.57. The Morgan fingerprint density at radius 2 is 1.81 bits per heavy atom. The van der Waals surface area contributed by atoms with E-state index in [1.807, 2.05) is 20.8 Å². The maximum absolute atomic E-state index is 12.8. The Balaban J connectivity index is 1.89. The molecule has 1 heterocycles. The van der Waals surface area contributed by atoms with Gasteiger partial charge in [0, 0.05) is 17.8 Å². The predicted molar refractivity (Wildman–Crippen MR) is 101 cm³/mol. The molecule has 2 N–H and O–H groups in total. The molecular formula is C19H22N2O4S. The quantitative estimate of drug-likeness (QED) is 0.840. The smallest absolute Gasteiger partial charge is 0.261 e. The molecular weight excluding hydrogens is 352 g/mol. The molecule has 26 heavy (non-hydrogen) atoms. The van der Waals surface area contributed by atoms with Crippen molar-refractivity contribution in [3.05, 3.63) is 47.0 Å². The van der Waals surface area contributed by atoms with E-state index in [9.17, 15) is 13.2 Å². The van der Waals surface area contributed by atoms with E-state index in [1.54, 1.807) is 30.3 Å². The normalized spacial score (nSPS) is 13.7. The van der Waals surface area contributed by atoms with Gasteiger partial charge in [-0.15, -0.1) is 0 Å². The molecule has 2 aromatic carbocycles. The van der Waals surface area contributed by atoms with Crippen molar-refractivity contribution >= 4 is 27.3 Å². The fourth-order valence-electron chi connectivity index (χ4n) is 3.10. The average molecular weight is 374 g/mol. The molecule has 0 atom stereocenters. The second-order valence-corrected chi connectivity index (χ2v) is 8.03. The van der Waals surface area contributed by atoms with Gasteiger partial charge in [-0.25, -0.2) is 8.42 Å². The Labute approximate surface area is 153 Å². The first-order valence-corrected chi connectivity index (χ1v) is 9.98. The van der Waals surface area contributed by atoms with E-state index in [0.717, 1.165) is 28.1 Å². The Morgan fingerprint density at radius 1 is 1.12 bits per heavy atom. The number of sulfonamides is 1. The zero-order chi connectivity index (χ0) is 18.9. The summed E-state index contributed by atoms with van der Waals surface area (Å²) in [7, 11) is -3.72. The predicted octanol–water partition coefficient (Wildman–Crippen LogP) is 3.39.